The van der Waals surface area contributed by atoms with E-state index in [9.17, 15) is 10.1 Å². The molecule has 0 saturated heterocycles. The van der Waals surface area contributed by atoms with Gasteiger partial charge in [-0.15, -0.1) is 0 Å². The monoisotopic (exact) mass is 297 g/mol. The average molecular weight is 297 g/mol. The maximum Gasteiger partial charge on any atom is 0.269 e. The molecular weight excluding hydrogens is 282 g/mol. The number of non-ortho nitro benzene ring substituents is 1. The van der Waals surface area contributed by atoms with Gasteiger partial charge in [-0.05, 0) is 17.7 Å². The molecule has 0 atom stereocenters. The van der Waals surface area contributed by atoms with E-state index in [1.807, 2.05) is 24.3 Å². The zero-order valence-electron chi connectivity index (χ0n) is 11.9. The van der Waals surface area contributed by atoms with E-state index >= 15 is 0 Å². The fourth-order valence-electron chi connectivity index (χ4n) is 2.29. The highest BCUT2D eigenvalue weighted by Gasteiger charge is 2.13. The smallest absolute Gasteiger partial charge is 0.269 e. The molecule has 0 saturated carbocycles. The summed E-state index contributed by atoms with van der Waals surface area (Å²) in [6.45, 7) is 1.86. The van der Waals surface area contributed by atoms with Crippen LogP contribution in [0.2, 0.25) is 0 Å². The van der Waals surface area contributed by atoms with Crippen LogP contribution in [0.1, 0.15) is 11.1 Å². The number of nitro benzene ring substituents is 1. The Morgan fingerprint density at radius 1 is 1.23 bits per heavy atom. The molecule has 0 spiro atoms. The van der Waals surface area contributed by atoms with Gasteiger partial charge in [0.25, 0.3) is 5.69 Å². The summed E-state index contributed by atoms with van der Waals surface area (Å²) in [5.74, 6) is 1.54. The molecule has 0 aliphatic carbocycles. The third kappa shape index (κ3) is 3.06. The molecule has 0 radical (unpaired) electrons. The summed E-state index contributed by atoms with van der Waals surface area (Å²) in [6.07, 6.45) is 0. The Balaban J connectivity index is 1.77. The number of benzene rings is 2. The summed E-state index contributed by atoms with van der Waals surface area (Å²) in [5.41, 5.74) is 1.73. The molecule has 1 heterocycles. The maximum absolute atomic E-state index is 10.8. The highest BCUT2D eigenvalue weighted by Crippen LogP contribution is 2.21. The van der Waals surface area contributed by atoms with E-state index in [1.54, 1.807) is 12.1 Å². The van der Waals surface area contributed by atoms with Crippen molar-refractivity contribution in [1.82, 2.24) is 5.32 Å². The molecule has 2 aromatic rings. The topological polar surface area (TPSA) is 76.8 Å². The van der Waals surface area contributed by atoms with Crippen molar-refractivity contribution in [2.75, 3.05) is 13.1 Å². The van der Waals surface area contributed by atoms with Crippen molar-refractivity contribution in [3.05, 3.63) is 69.8 Å². The van der Waals surface area contributed by atoms with Crippen molar-refractivity contribution in [2.24, 2.45) is 4.99 Å². The summed E-state index contributed by atoms with van der Waals surface area (Å²) in [4.78, 5) is 14.8. The second-order valence-electron chi connectivity index (χ2n) is 4.87. The van der Waals surface area contributed by atoms with E-state index in [0.29, 0.717) is 5.75 Å². The minimum atomic E-state index is -0.408. The van der Waals surface area contributed by atoms with Gasteiger partial charge in [-0.2, -0.15) is 0 Å². The molecule has 3 rings (SSSR count). The third-order valence-electron chi connectivity index (χ3n) is 3.33. The first-order chi connectivity index (χ1) is 10.7. The Kier molecular flexibility index (Phi) is 4.00. The first-order valence-corrected chi connectivity index (χ1v) is 6.98. The summed E-state index contributed by atoms with van der Waals surface area (Å²) in [7, 11) is 0. The van der Waals surface area contributed by atoms with Crippen molar-refractivity contribution in [2.45, 2.75) is 6.61 Å². The van der Waals surface area contributed by atoms with Crippen LogP contribution in [0.4, 0.5) is 5.69 Å². The standard InChI is InChI=1S/C16H15N3O3/c20-19(21)13-5-3-4-12(10-13)11-22-15-7-2-1-6-14(15)16-17-8-9-18-16/h1-7,10H,8-9,11H2,(H,17,18). The molecule has 0 aromatic heterocycles. The highest BCUT2D eigenvalue weighted by atomic mass is 16.6. The zero-order valence-corrected chi connectivity index (χ0v) is 11.9. The molecule has 1 aliphatic rings. The summed E-state index contributed by atoms with van der Waals surface area (Å²) in [6, 6.07) is 14.1. The van der Waals surface area contributed by atoms with E-state index in [-0.39, 0.29) is 12.3 Å². The number of hydrogen-bond acceptors (Lipinski definition) is 5. The van der Waals surface area contributed by atoms with Gasteiger partial charge in [0.1, 0.15) is 18.2 Å². The number of aliphatic imine (C=N–C) groups is 1. The van der Waals surface area contributed by atoms with Crippen LogP contribution >= 0.6 is 0 Å². The molecule has 0 fully saturated rings. The lowest BCUT2D eigenvalue weighted by Gasteiger charge is -2.11. The summed E-state index contributed by atoms with van der Waals surface area (Å²) < 4.78 is 5.83. The van der Waals surface area contributed by atoms with Crippen molar-refractivity contribution < 1.29 is 9.66 Å². The van der Waals surface area contributed by atoms with E-state index < -0.39 is 4.92 Å². The maximum atomic E-state index is 10.8. The largest absolute Gasteiger partial charge is 0.488 e. The molecule has 22 heavy (non-hydrogen) atoms. The first kappa shape index (κ1) is 14.1. The van der Waals surface area contributed by atoms with Gasteiger partial charge in [0, 0.05) is 18.7 Å². The highest BCUT2D eigenvalue weighted by molar-refractivity contribution is 6.02. The fourth-order valence-corrected chi connectivity index (χ4v) is 2.29. The lowest BCUT2D eigenvalue weighted by molar-refractivity contribution is -0.384. The van der Waals surface area contributed by atoms with E-state index in [4.69, 9.17) is 4.74 Å². The zero-order chi connectivity index (χ0) is 15.4. The molecule has 0 amide bonds. The van der Waals surface area contributed by atoms with Crippen molar-refractivity contribution >= 4 is 11.5 Å². The third-order valence-corrected chi connectivity index (χ3v) is 3.33. The predicted octanol–water partition coefficient (Wildman–Crippen LogP) is 2.52. The molecule has 6 heteroatoms. The van der Waals surface area contributed by atoms with Crippen LogP contribution < -0.4 is 10.1 Å². The van der Waals surface area contributed by atoms with Crippen LogP contribution in [-0.4, -0.2) is 23.8 Å². The number of para-hydroxylation sites is 1. The van der Waals surface area contributed by atoms with Crippen LogP contribution in [-0.2, 0) is 6.61 Å². The SMILES string of the molecule is O=[N+]([O-])c1cccc(COc2ccccc2C2=NCCN2)c1. The van der Waals surface area contributed by atoms with Crippen LogP contribution in [0.3, 0.4) is 0 Å². The van der Waals surface area contributed by atoms with Crippen LogP contribution in [0.25, 0.3) is 0 Å². The van der Waals surface area contributed by atoms with Gasteiger partial charge >= 0.3 is 0 Å². The Labute approximate surface area is 127 Å². The Morgan fingerprint density at radius 3 is 2.86 bits per heavy atom. The lowest BCUT2D eigenvalue weighted by Crippen LogP contribution is -2.20. The molecule has 6 nitrogen and oxygen atoms in total. The second kappa shape index (κ2) is 6.26. The van der Waals surface area contributed by atoms with Gasteiger partial charge in [-0.25, -0.2) is 0 Å². The van der Waals surface area contributed by atoms with Crippen LogP contribution in [0, 0.1) is 10.1 Å². The number of nitrogens with one attached hydrogen (secondary N) is 1. The van der Waals surface area contributed by atoms with Gasteiger partial charge in [0.05, 0.1) is 17.0 Å². The molecular formula is C16H15N3O3. The molecule has 1 aliphatic heterocycles. The lowest BCUT2D eigenvalue weighted by atomic mass is 10.1. The van der Waals surface area contributed by atoms with E-state index in [0.717, 1.165) is 30.1 Å². The van der Waals surface area contributed by atoms with E-state index in [1.165, 1.54) is 12.1 Å². The molecule has 2 aromatic carbocycles. The minimum Gasteiger partial charge on any atom is -0.488 e. The molecule has 0 bridgehead atoms. The predicted molar refractivity (Wildman–Crippen MR) is 83.3 cm³/mol. The van der Waals surface area contributed by atoms with Gasteiger partial charge in [-0.3, -0.25) is 15.1 Å². The number of nitrogens with zero attached hydrogens (tertiary/aromatic N) is 2. The summed E-state index contributed by atoms with van der Waals surface area (Å²) >= 11 is 0. The Bertz CT molecular complexity index is 728. The quantitative estimate of drug-likeness (QED) is 0.679. The molecule has 112 valence electrons. The fraction of sp³-hybridized carbons (Fsp3) is 0.188. The average Bonchev–Trinajstić information content (AvgIpc) is 3.08. The number of nitro groups is 1. The summed E-state index contributed by atoms with van der Waals surface area (Å²) in [5, 5.41) is 14.0. The minimum absolute atomic E-state index is 0.0659. The molecule has 1 N–H and O–H groups in total. The number of hydrogen-bond donors (Lipinski definition) is 1. The van der Waals surface area contributed by atoms with Crippen molar-refractivity contribution in [1.29, 1.82) is 0 Å². The van der Waals surface area contributed by atoms with Crippen LogP contribution in [0.15, 0.2) is 53.5 Å². The van der Waals surface area contributed by atoms with Crippen LogP contribution in [0.5, 0.6) is 5.75 Å². The van der Waals surface area contributed by atoms with Gasteiger partial charge < -0.3 is 10.1 Å². The number of amidine groups is 1. The Morgan fingerprint density at radius 2 is 2.09 bits per heavy atom. The number of rotatable bonds is 5. The van der Waals surface area contributed by atoms with Gasteiger partial charge in [-0.1, -0.05) is 24.3 Å². The van der Waals surface area contributed by atoms with Crippen molar-refractivity contribution in [3.8, 4) is 5.75 Å². The van der Waals surface area contributed by atoms with Gasteiger partial charge in [0.2, 0.25) is 0 Å². The first-order valence-electron chi connectivity index (χ1n) is 6.98. The molecule has 0 unspecified atom stereocenters. The van der Waals surface area contributed by atoms with Gasteiger partial charge in [0.15, 0.2) is 0 Å². The van der Waals surface area contributed by atoms with Crippen molar-refractivity contribution in [3.63, 3.8) is 0 Å². The Hall–Kier alpha value is -2.89. The van der Waals surface area contributed by atoms with E-state index in [2.05, 4.69) is 10.3 Å². The number of ether oxygens (including phenoxy) is 1. The second-order valence-corrected chi connectivity index (χ2v) is 4.87. The normalized spacial score (nSPS) is 13.4.